The number of amides is 2. The first-order valence-corrected chi connectivity index (χ1v) is 11.2. The van der Waals surface area contributed by atoms with E-state index in [1.54, 1.807) is 60.7 Å². The van der Waals surface area contributed by atoms with Crippen LogP contribution in [-0.4, -0.2) is 29.7 Å². The summed E-state index contributed by atoms with van der Waals surface area (Å²) in [6.07, 6.45) is 0. The maximum absolute atomic E-state index is 12.6. The van der Waals surface area contributed by atoms with Crippen molar-refractivity contribution in [3.63, 3.8) is 0 Å². The Hall–Kier alpha value is -5.71. The summed E-state index contributed by atoms with van der Waals surface area (Å²) in [5, 5.41) is 24.6. The second-order valence-electron chi connectivity index (χ2n) is 8.13. The van der Waals surface area contributed by atoms with Crippen LogP contribution < -0.4 is 32.2 Å². The Balaban J connectivity index is 1.33. The maximum Gasteiger partial charge on any atom is 0.343 e. The highest BCUT2D eigenvalue weighted by Crippen LogP contribution is 2.23. The lowest BCUT2D eigenvalue weighted by Gasteiger charge is -2.11. The smallest absolute Gasteiger partial charge is 0.343 e. The van der Waals surface area contributed by atoms with Gasteiger partial charge in [-0.15, -0.1) is 0 Å². The van der Waals surface area contributed by atoms with Gasteiger partial charge in [0.1, 0.15) is 5.75 Å². The number of nitrogens with one attached hydrogen (secondary N) is 5. The third-order valence-electron chi connectivity index (χ3n) is 5.36. The van der Waals surface area contributed by atoms with Crippen LogP contribution in [0.5, 0.6) is 5.75 Å². The zero-order valence-electron chi connectivity index (χ0n) is 19.9. The van der Waals surface area contributed by atoms with Crippen LogP contribution in [0, 0.1) is 10.8 Å². The molecule has 4 aromatic carbocycles. The van der Waals surface area contributed by atoms with Gasteiger partial charge < -0.3 is 26.8 Å². The molecular weight excluding hydrogens is 486 g/mol. The van der Waals surface area contributed by atoms with E-state index in [1.807, 2.05) is 0 Å². The van der Waals surface area contributed by atoms with Crippen molar-refractivity contribution in [2.45, 2.75) is 0 Å². The molecule has 38 heavy (non-hydrogen) atoms. The van der Waals surface area contributed by atoms with Gasteiger partial charge in [0.05, 0.1) is 5.56 Å². The van der Waals surface area contributed by atoms with Gasteiger partial charge in [0.15, 0.2) is 11.9 Å². The summed E-state index contributed by atoms with van der Waals surface area (Å²) >= 11 is 0. The lowest BCUT2D eigenvalue weighted by molar-refractivity contribution is 0.0734. The highest BCUT2D eigenvalue weighted by atomic mass is 16.5. The van der Waals surface area contributed by atoms with Crippen molar-refractivity contribution in [1.82, 2.24) is 5.32 Å². The first-order valence-electron chi connectivity index (χ1n) is 11.2. The van der Waals surface area contributed by atoms with E-state index >= 15 is 0 Å². The number of ether oxygens (including phenoxy) is 1. The fraction of sp³-hybridized carbons (Fsp3) is 0. The first-order chi connectivity index (χ1) is 18.2. The number of rotatable bonds is 6. The molecule has 0 saturated carbocycles. The normalized spacial score (nSPS) is 10.3. The van der Waals surface area contributed by atoms with Gasteiger partial charge in [-0.1, -0.05) is 12.1 Å². The van der Waals surface area contributed by atoms with E-state index in [1.165, 1.54) is 24.3 Å². The molecule has 11 nitrogen and oxygen atoms in total. The van der Waals surface area contributed by atoms with Gasteiger partial charge in [0.2, 0.25) is 5.91 Å². The number of primary amides is 1. The zero-order valence-corrected chi connectivity index (χ0v) is 19.9. The molecule has 9 N–H and O–H groups in total. The minimum absolute atomic E-state index is 0.220. The number of benzene rings is 4. The fourth-order valence-electron chi connectivity index (χ4n) is 3.52. The first kappa shape index (κ1) is 25.4. The van der Waals surface area contributed by atoms with Gasteiger partial charge in [-0.05, 0) is 83.6 Å². The van der Waals surface area contributed by atoms with Crippen molar-refractivity contribution in [2.24, 2.45) is 11.5 Å². The van der Waals surface area contributed by atoms with Crippen LogP contribution in [0.15, 0.2) is 84.9 Å². The standard InChI is InChI=1S/C27H23N7O4/c28-23(35)19-2-1-18-14-22(12-7-17(18)13-19)38-25(37)16-5-10-21(11-6-16)33-27(31)34-24(36)15-3-8-20(9-4-15)32-26(29)30/h1-14H,(H2,28,35)(H4,29,30,32)(H3,31,33,34,36). The largest absolute Gasteiger partial charge is 0.423 e. The lowest BCUT2D eigenvalue weighted by Crippen LogP contribution is -2.35. The molecule has 4 rings (SSSR count). The number of hydrogen-bond donors (Lipinski definition) is 7. The quantitative estimate of drug-likeness (QED) is 0.0896. The molecule has 0 aliphatic heterocycles. The SMILES string of the molecule is N=C(N)Nc1ccc(C(=O)NC(=N)Nc2ccc(C(=O)Oc3ccc4cc(C(N)=O)ccc4c3)cc2)cc1. The molecule has 0 bridgehead atoms. The van der Waals surface area contributed by atoms with Gasteiger partial charge in [0, 0.05) is 22.5 Å². The number of hydrogen-bond acceptors (Lipinski definition) is 6. The number of carbonyl (C=O) groups is 3. The van der Waals surface area contributed by atoms with Crippen molar-refractivity contribution >= 4 is 51.8 Å². The monoisotopic (exact) mass is 509 g/mol. The van der Waals surface area contributed by atoms with E-state index in [9.17, 15) is 14.4 Å². The summed E-state index contributed by atoms with van der Waals surface area (Å²) in [5.41, 5.74) is 12.6. The number of guanidine groups is 2. The van der Waals surface area contributed by atoms with Crippen LogP contribution in [-0.2, 0) is 0 Å². The fourth-order valence-corrected chi connectivity index (χ4v) is 3.52. The number of carbonyl (C=O) groups excluding carboxylic acids is 3. The number of fused-ring (bicyclic) bond motifs is 1. The van der Waals surface area contributed by atoms with Gasteiger partial charge in [-0.25, -0.2) is 4.79 Å². The molecule has 0 spiro atoms. The van der Waals surface area contributed by atoms with Crippen LogP contribution in [0.3, 0.4) is 0 Å². The highest BCUT2D eigenvalue weighted by Gasteiger charge is 2.12. The van der Waals surface area contributed by atoms with E-state index in [0.29, 0.717) is 28.3 Å². The Morgan fingerprint density at radius 1 is 0.658 bits per heavy atom. The molecule has 0 heterocycles. The maximum atomic E-state index is 12.6. The third-order valence-corrected chi connectivity index (χ3v) is 5.36. The van der Waals surface area contributed by atoms with Crippen LogP contribution in [0.4, 0.5) is 11.4 Å². The molecule has 0 unspecified atom stereocenters. The van der Waals surface area contributed by atoms with E-state index in [4.69, 9.17) is 27.0 Å². The lowest BCUT2D eigenvalue weighted by atomic mass is 10.1. The Morgan fingerprint density at radius 3 is 1.84 bits per heavy atom. The van der Waals surface area contributed by atoms with Gasteiger partial charge >= 0.3 is 5.97 Å². The second-order valence-corrected chi connectivity index (χ2v) is 8.13. The molecule has 0 aliphatic rings. The number of esters is 1. The van der Waals surface area contributed by atoms with Crippen LogP contribution >= 0.6 is 0 Å². The van der Waals surface area contributed by atoms with E-state index < -0.39 is 17.8 Å². The van der Waals surface area contributed by atoms with Crippen molar-refractivity contribution in [2.75, 3.05) is 10.6 Å². The van der Waals surface area contributed by atoms with E-state index in [2.05, 4.69) is 16.0 Å². The Kier molecular flexibility index (Phi) is 7.29. The molecule has 0 fully saturated rings. The topological polar surface area (TPSA) is 196 Å². The van der Waals surface area contributed by atoms with Gasteiger partial charge in [-0.2, -0.15) is 0 Å². The molecule has 4 aromatic rings. The number of nitrogens with two attached hydrogens (primary N) is 2. The molecule has 0 radical (unpaired) electrons. The molecule has 11 heteroatoms. The molecule has 0 aliphatic carbocycles. The summed E-state index contributed by atoms with van der Waals surface area (Å²) in [5.74, 6) is -1.73. The second kappa shape index (κ2) is 10.9. The van der Waals surface area contributed by atoms with Gasteiger partial charge in [-0.3, -0.25) is 25.7 Å². The molecule has 0 aromatic heterocycles. The van der Waals surface area contributed by atoms with Crippen molar-refractivity contribution in [1.29, 1.82) is 10.8 Å². The van der Waals surface area contributed by atoms with E-state index in [-0.39, 0.29) is 17.5 Å². The Labute approximate surface area is 216 Å². The summed E-state index contributed by atoms with van der Waals surface area (Å²) in [6.45, 7) is 0. The average Bonchev–Trinajstić information content (AvgIpc) is 2.88. The van der Waals surface area contributed by atoms with Crippen molar-refractivity contribution < 1.29 is 19.1 Å². The number of anilines is 2. The molecule has 0 saturated heterocycles. The van der Waals surface area contributed by atoms with Crippen molar-refractivity contribution in [3.05, 3.63) is 102 Å². The van der Waals surface area contributed by atoms with Crippen molar-refractivity contribution in [3.8, 4) is 5.75 Å². The predicted octanol–water partition coefficient (Wildman–Crippen LogP) is 3.24. The minimum atomic E-state index is -0.573. The average molecular weight is 510 g/mol. The molecular formula is C27H23N7O4. The molecule has 2 amide bonds. The zero-order chi connectivity index (χ0) is 27.2. The Morgan fingerprint density at radius 2 is 1.21 bits per heavy atom. The summed E-state index contributed by atoms with van der Waals surface area (Å²) in [7, 11) is 0. The molecule has 190 valence electrons. The molecule has 0 atom stereocenters. The Bertz CT molecular complexity index is 1570. The van der Waals surface area contributed by atoms with Crippen LogP contribution in [0.1, 0.15) is 31.1 Å². The third kappa shape index (κ3) is 6.29. The summed E-state index contributed by atoms with van der Waals surface area (Å²) < 4.78 is 5.46. The van der Waals surface area contributed by atoms with E-state index in [0.717, 1.165) is 10.8 Å². The van der Waals surface area contributed by atoms with Crippen LogP contribution in [0.2, 0.25) is 0 Å². The predicted molar refractivity (Wildman–Crippen MR) is 145 cm³/mol. The minimum Gasteiger partial charge on any atom is -0.423 e. The summed E-state index contributed by atoms with van der Waals surface area (Å²) in [6, 6.07) is 22.5. The van der Waals surface area contributed by atoms with Crippen LogP contribution in [0.25, 0.3) is 10.8 Å². The summed E-state index contributed by atoms with van der Waals surface area (Å²) in [4.78, 5) is 36.3. The van der Waals surface area contributed by atoms with Gasteiger partial charge in [0.25, 0.3) is 5.91 Å². The highest BCUT2D eigenvalue weighted by molar-refractivity contribution is 6.09.